The van der Waals surface area contributed by atoms with E-state index in [1.54, 1.807) is 0 Å². The number of hydrogen-bond donors (Lipinski definition) is 0. The Morgan fingerprint density at radius 1 is 0.269 bits per heavy atom. The Hall–Kier alpha value is -4.19. The number of unbranched alkanes of at least 4 members (excludes halogenated alkanes) is 27. The van der Waals surface area contributed by atoms with E-state index in [0.29, 0.717) is 19.3 Å². The number of ether oxygens (including phenoxy) is 3. The fourth-order valence-corrected chi connectivity index (χ4v) is 8.91. The maximum atomic E-state index is 12.8. The Morgan fingerprint density at radius 3 is 0.795 bits per heavy atom. The Morgan fingerprint density at radius 2 is 0.500 bits per heavy atom. The van der Waals surface area contributed by atoms with Gasteiger partial charge in [0.25, 0.3) is 0 Å². The third kappa shape index (κ3) is 62.7. The first kappa shape index (κ1) is 73.8. The van der Waals surface area contributed by atoms with E-state index in [1.165, 1.54) is 128 Å². The van der Waals surface area contributed by atoms with Crippen molar-refractivity contribution in [1.29, 1.82) is 0 Å². The lowest BCUT2D eigenvalue weighted by Gasteiger charge is -2.18. The Labute approximate surface area is 482 Å². The van der Waals surface area contributed by atoms with Gasteiger partial charge in [-0.3, -0.25) is 14.4 Å². The topological polar surface area (TPSA) is 78.9 Å². The van der Waals surface area contributed by atoms with E-state index in [0.717, 1.165) is 128 Å². The van der Waals surface area contributed by atoms with Gasteiger partial charge in [-0.25, -0.2) is 0 Å². The smallest absolute Gasteiger partial charge is 0.306 e. The third-order valence-corrected chi connectivity index (χ3v) is 13.7. The lowest BCUT2D eigenvalue weighted by molar-refractivity contribution is -0.167. The first-order valence-electron chi connectivity index (χ1n) is 32.5. The van der Waals surface area contributed by atoms with Gasteiger partial charge in [0.1, 0.15) is 13.2 Å². The third-order valence-electron chi connectivity index (χ3n) is 13.7. The van der Waals surface area contributed by atoms with Gasteiger partial charge in [-0.1, -0.05) is 290 Å². The molecule has 0 saturated carbocycles. The summed E-state index contributed by atoms with van der Waals surface area (Å²) in [6, 6.07) is 0. The molecule has 0 spiro atoms. The van der Waals surface area contributed by atoms with Crippen LogP contribution < -0.4 is 0 Å². The van der Waals surface area contributed by atoms with Gasteiger partial charge < -0.3 is 14.2 Å². The summed E-state index contributed by atoms with van der Waals surface area (Å²) >= 11 is 0. The van der Waals surface area contributed by atoms with Crippen molar-refractivity contribution in [3.8, 4) is 0 Å². The summed E-state index contributed by atoms with van der Waals surface area (Å²) in [6.07, 6.45) is 90.8. The molecule has 0 saturated heterocycles. The molecule has 0 aromatic carbocycles. The number of hydrogen-bond acceptors (Lipinski definition) is 6. The van der Waals surface area contributed by atoms with Crippen molar-refractivity contribution in [3.63, 3.8) is 0 Å². The molecular formula is C72H120O6. The molecule has 6 heteroatoms. The summed E-state index contributed by atoms with van der Waals surface area (Å²) in [5.41, 5.74) is 0. The SMILES string of the molecule is CC/C=C\C/C=C\C/C=C\C/C=C\C/C=C\C/C=C\C/C=C\CCCCCCCCCCCCCCCC(=O)OCC(COC(=O)CCCCCCCCCCCCCC)OC(=O)CCCCC/C=C\C/C=C\C/C=C\CC. The summed E-state index contributed by atoms with van der Waals surface area (Å²) in [6.45, 7) is 6.39. The van der Waals surface area contributed by atoms with E-state index in [2.05, 4.69) is 142 Å². The van der Waals surface area contributed by atoms with Crippen molar-refractivity contribution < 1.29 is 28.6 Å². The fourth-order valence-electron chi connectivity index (χ4n) is 8.91. The standard InChI is InChI=1S/C72H120O6/c1-4-7-10-13-16-19-22-25-26-27-28-29-30-31-32-33-34-35-36-37-38-39-40-41-42-43-44-45-46-48-50-53-56-59-62-65-71(74)77-68-69(67-76-70(73)64-61-58-55-52-49-24-21-18-15-12-9-6-3)78-72(75)66-63-60-57-54-51-47-23-20-17-14-11-8-5-2/h7-8,10-11,16-17,19-20,25-26,28-29,31-32,34-35,37-38,47,51,69H,4-6,9,12-15,18,21-24,27,30,33,36,39-46,48-50,52-68H2,1-3H3/b10-7-,11-8-,19-16-,20-17-,26-25-,29-28-,32-31-,35-34-,38-37-,51-47-. The van der Waals surface area contributed by atoms with E-state index in [-0.39, 0.29) is 31.1 Å². The van der Waals surface area contributed by atoms with Crippen molar-refractivity contribution in [2.24, 2.45) is 0 Å². The molecular weight excluding hydrogens is 961 g/mol. The van der Waals surface area contributed by atoms with Crippen LogP contribution in [0.3, 0.4) is 0 Å². The molecule has 444 valence electrons. The van der Waals surface area contributed by atoms with Crippen LogP contribution in [0.25, 0.3) is 0 Å². The molecule has 0 amide bonds. The summed E-state index contributed by atoms with van der Waals surface area (Å²) < 4.78 is 16.9. The predicted molar refractivity (Wildman–Crippen MR) is 339 cm³/mol. The highest BCUT2D eigenvalue weighted by molar-refractivity contribution is 5.71. The average molecular weight is 1080 g/mol. The van der Waals surface area contributed by atoms with Crippen LogP contribution >= 0.6 is 0 Å². The zero-order valence-corrected chi connectivity index (χ0v) is 50.9. The van der Waals surface area contributed by atoms with E-state index in [4.69, 9.17) is 14.2 Å². The first-order chi connectivity index (χ1) is 38.5. The maximum absolute atomic E-state index is 12.8. The minimum Gasteiger partial charge on any atom is -0.462 e. The number of allylic oxidation sites excluding steroid dienone is 20. The van der Waals surface area contributed by atoms with Gasteiger partial charge in [-0.15, -0.1) is 0 Å². The summed E-state index contributed by atoms with van der Waals surface area (Å²) in [5.74, 6) is -0.914. The summed E-state index contributed by atoms with van der Waals surface area (Å²) in [7, 11) is 0. The van der Waals surface area contributed by atoms with Gasteiger partial charge in [0, 0.05) is 19.3 Å². The Balaban J connectivity index is 4.15. The predicted octanol–water partition coefficient (Wildman–Crippen LogP) is 22.4. The van der Waals surface area contributed by atoms with E-state index >= 15 is 0 Å². The highest BCUT2D eigenvalue weighted by atomic mass is 16.6. The van der Waals surface area contributed by atoms with Gasteiger partial charge in [0.05, 0.1) is 0 Å². The zero-order chi connectivity index (χ0) is 56.4. The molecule has 1 atom stereocenters. The molecule has 6 nitrogen and oxygen atoms in total. The Kier molecular flexibility index (Phi) is 61.8. The lowest BCUT2D eigenvalue weighted by atomic mass is 10.0. The van der Waals surface area contributed by atoms with Crippen LogP contribution in [0.1, 0.15) is 297 Å². The molecule has 0 aliphatic heterocycles. The highest BCUT2D eigenvalue weighted by Crippen LogP contribution is 2.16. The first-order valence-corrected chi connectivity index (χ1v) is 32.5. The van der Waals surface area contributed by atoms with Crippen LogP contribution in [0.4, 0.5) is 0 Å². The van der Waals surface area contributed by atoms with Crippen LogP contribution in [-0.4, -0.2) is 37.2 Å². The van der Waals surface area contributed by atoms with Crippen molar-refractivity contribution >= 4 is 17.9 Å². The molecule has 0 heterocycles. The normalized spacial score (nSPS) is 12.9. The second kappa shape index (κ2) is 65.3. The lowest BCUT2D eigenvalue weighted by Crippen LogP contribution is -2.30. The molecule has 0 aromatic heterocycles. The summed E-state index contributed by atoms with van der Waals surface area (Å²) in [4.78, 5) is 38.2. The monoisotopic (exact) mass is 1080 g/mol. The van der Waals surface area contributed by atoms with Crippen LogP contribution in [0.5, 0.6) is 0 Å². The van der Waals surface area contributed by atoms with Gasteiger partial charge in [0.15, 0.2) is 6.10 Å². The van der Waals surface area contributed by atoms with Gasteiger partial charge in [0.2, 0.25) is 0 Å². The number of rotatable bonds is 58. The van der Waals surface area contributed by atoms with Crippen molar-refractivity contribution in [1.82, 2.24) is 0 Å². The van der Waals surface area contributed by atoms with E-state index in [9.17, 15) is 14.4 Å². The van der Waals surface area contributed by atoms with E-state index in [1.807, 2.05) is 0 Å². The molecule has 78 heavy (non-hydrogen) atoms. The molecule has 0 aromatic rings. The Bertz CT molecular complexity index is 1620. The number of carbonyl (C=O) groups is 3. The highest BCUT2D eigenvalue weighted by Gasteiger charge is 2.19. The molecule has 0 aliphatic carbocycles. The quantitative estimate of drug-likeness (QED) is 0.0261. The molecule has 0 aliphatic rings. The molecule has 0 rings (SSSR count). The zero-order valence-electron chi connectivity index (χ0n) is 50.9. The maximum Gasteiger partial charge on any atom is 0.306 e. The minimum absolute atomic E-state index is 0.0879. The fraction of sp³-hybridized carbons (Fsp3) is 0.681. The largest absolute Gasteiger partial charge is 0.462 e. The van der Waals surface area contributed by atoms with Crippen LogP contribution in [-0.2, 0) is 28.6 Å². The van der Waals surface area contributed by atoms with Crippen molar-refractivity contribution in [3.05, 3.63) is 122 Å². The van der Waals surface area contributed by atoms with Gasteiger partial charge in [-0.05, 0) is 109 Å². The molecule has 0 N–H and O–H groups in total. The number of carbonyl (C=O) groups excluding carboxylic acids is 3. The van der Waals surface area contributed by atoms with Crippen molar-refractivity contribution in [2.75, 3.05) is 13.2 Å². The molecule has 0 fully saturated rings. The van der Waals surface area contributed by atoms with E-state index < -0.39 is 6.10 Å². The molecule has 1 unspecified atom stereocenters. The second-order valence-corrected chi connectivity index (χ2v) is 21.3. The average Bonchev–Trinajstić information content (AvgIpc) is 3.44. The summed E-state index contributed by atoms with van der Waals surface area (Å²) in [5, 5.41) is 0. The second-order valence-electron chi connectivity index (χ2n) is 21.3. The molecule has 0 radical (unpaired) electrons. The van der Waals surface area contributed by atoms with Crippen LogP contribution in [0, 0.1) is 0 Å². The van der Waals surface area contributed by atoms with Gasteiger partial charge >= 0.3 is 17.9 Å². The van der Waals surface area contributed by atoms with Crippen LogP contribution in [0.2, 0.25) is 0 Å². The van der Waals surface area contributed by atoms with Crippen LogP contribution in [0.15, 0.2) is 122 Å². The van der Waals surface area contributed by atoms with Crippen molar-refractivity contribution in [2.45, 2.75) is 303 Å². The molecule has 0 bridgehead atoms. The van der Waals surface area contributed by atoms with Gasteiger partial charge in [-0.2, -0.15) is 0 Å². The minimum atomic E-state index is -0.793. The number of esters is 3.